The first-order valence-electron chi connectivity index (χ1n) is 5.30. The number of thiazole rings is 1. The Morgan fingerprint density at radius 1 is 1.75 bits per heavy atom. The first kappa shape index (κ1) is 11.3. The van der Waals surface area contributed by atoms with E-state index in [9.17, 15) is 4.79 Å². The van der Waals surface area contributed by atoms with E-state index in [2.05, 4.69) is 9.88 Å². The van der Waals surface area contributed by atoms with Gasteiger partial charge in [-0.1, -0.05) is 0 Å². The number of aromatic nitrogens is 1. The van der Waals surface area contributed by atoms with Gasteiger partial charge in [-0.3, -0.25) is 9.69 Å². The summed E-state index contributed by atoms with van der Waals surface area (Å²) in [5.74, 6) is -0.924. The van der Waals surface area contributed by atoms with Crippen LogP contribution in [0.15, 0.2) is 5.38 Å². The number of likely N-dealkylation sites (tertiary alicyclic amines) is 1. The second kappa shape index (κ2) is 4.80. The Labute approximate surface area is 97.9 Å². The zero-order valence-corrected chi connectivity index (χ0v) is 9.74. The summed E-state index contributed by atoms with van der Waals surface area (Å²) < 4.78 is 0. The van der Waals surface area contributed by atoms with Crippen molar-refractivity contribution in [2.45, 2.75) is 19.4 Å². The smallest absolute Gasteiger partial charge is 0.307 e. The molecular weight excluding hydrogens is 226 g/mol. The number of nitrogen functional groups attached to an aromatic ring is 1. The number of piperidine rings is 1. The molecule has 1 saturated heterocycles. The van der Waals surface area contributed by atoms with Crippen LogP contribution in [-0.4, -0.2) is 34.0 Å². The van der Waals surface area contributed by atoms with E-state index < -0.39 is 5.97 Å². The number of carboxylic acids is 1. The highest BCUT2D eigenvalue weighted by Crippen LogP contribution is 2.20. The summed E-state index contributed by atoms with van der Waals surface area (Å²) in [7, 11) is 0. The van der Waals surface area contributed by atoms with Crippen molar-refractivity contribution in [3.05, 3.63) is 11.1 Å². The molecule has 1 atom stereocenters. The topological polar surface area (TPSA) is 79.5 Å². The molecular formula is C10H15N3O2S. The van der Waals surface area contributed by atoms with Crippen LogP contribution in [0.3, 0.4) is 0 Å². The molecule has 0 aliphatic carbocycles. The Morgan fingerprint density at radius 3 is 3.19 bits per heavy atom. The number of hydrogen-bond acceptors (Lipinski definition) is 5. The van der Waals surface area contributed by atoms with Crippen LogP contribution >= 0.6 is 11.3 Å². The predicted octanol–water partition coefficient (Wildman–Crippen LogP) is 1.02. The molecule has 0 bridgehead atoms. The van der Waals surface area contributed by atoms with Crippen LogP contribution in [0.25, 0.3) is 0 Å². The first-order chi connectivity index (χ1) is 7.65. The summed E-state index contributed by atoms with van der Waals surface area (Å²) in [5, 5.41) is 11.5. The third kappa shape index (κ3) is 2.70. The molecule has 1 aliphatic rings. The molecule has 1 fully saturated rings. The van der Waals surface area contributed by atoms with E-state index in [1.54, 1.807) is 0 Å². The lowest BCUT2D eigenvalue weighted by Crippen LogP contribution is -2.38. The minimum atomic E-state index is -0.692. The molecule has 0 aromatic carbocycles. The summed E-state index contributed by atoms with van der Waals surface area (Å²) in [6, 6.07) is 0. The third-order valence-electron chi connectivity index (χ3n) is 2.81. The maximum atomic E-state index is 10.9. The summed E-state index contributed by atoms with van der Waals surface area (Å²) in [6.07, 6.45) is 1.72. The molecule has 88 valence electrons. The van der Waals surface area contributed by atoms with E-state index in [0.717, 1.165) is 25.1 Å². The van der Waals surface area contributed by atoms with Crippen LogP contribution < -0.4 is 5.73 Å². The largest absolute Gasteiger partial charge is 0.481 e. The lowest BCUT2D eigenvalue weighted by atomic mass is 9.98. The van der Waals surface area contributed by atoms with Crippen LogP contribution in [0.1, 0.15) is 18.5 Å². The van der Waals surface area contributed by atoms with Gasteiger partial charge in [0.05, 0.1) is 11.6 Å². The number of hydrogen-bond donors (Lipinski definition) is 2. The monoisotopic (exact) mass is 241 g/mol. The molecule has 1 unspecified atom stereocenters. The lowest BCUT2D eigenvalue weighted by molar-refractivity contribution is -0.143. The minimum Gasteiger partial charge on any atom is -0.481 e. The zero-order valence-electron chi connectivity index (χ0n) is 8.93. The summed E-state index contributed by atoms with van der Waals surface area (Å²) in [5.41, 5.74) is 6.49. The lowest BCUT2D eigenvalue weighted by Gasteiger charge is -2.29. The van der Waals surface area contributed by atoms with E-state index in [1.165, 1.54) is 11.3 Å². The van der Waals surface area contributed by atoms with Crippen LogP contribution in [0.2, 0.25) is 0 Å². The van der Waals surface area contributed by atoms with Crippen LogP contribution in [0.4, 0.5) is 5.13 Å². The van der Waals surface area contributed by atoms with Gasteiger partial charge in [-0.15, -0.1) is 11.3 Å². The Balaban J connectivity index is 1.92. The van der Waals surface area contributed by atoms with E-state index in [-0.39, 0.29) is 5.92 Å². The molecule has 2 heterocycles. The predicted molar refractivity (Wildman–Crippen MR) is 62.2 cm³/mol. The fraction of sp³-hybridized carbons (Fsp3) is 0.600. The molecule has 0 radical (unpaired) electrons. The fourth-order valence-electron chi connectivity index (χ4n) is 2.03. The van der Waals surface area contributed by atoms with E-state index >= 15 is 0 Å². The highest BCUT2D eigenvalue weighted by atomic mass is 32.1. The second-order valence-electron chi connectivity index (χ2n) is 4.09. The number of anilines is 1. The third-order valence-corrected chi connectivity index (χ3v) is 3.53. The van der Waals surface area contributed by atoms with Crippen molar-refractivity contribution < 1.29 is 9.90 Å². The summed E-state index contributed by atoms with van der Waals surface area (Å²) in [4.78, 5) is 17.2. The van der Waals surface area contributed by atoms with Crippen molar-refractivity contribution in [1.29, 1.82) is 0 Å². The van der Waals surface area contributed by atoms with Crippen LogP contribution in [-0.2, 0) is 11.3 Å². The van der Waals surface area contributed by atoms with Crippen molar-refractivity contribution in [1.82, 2.24) is 9.88 Å². The number of carboxylic acid groups (broad SMARTS) is 1. The number of rotatable bonds is 3. The molecule has 1 aromatic heterocycles. The zero-order chi connectivity index (χ0) is 11.5. The summed E-state index contributed by atoms with van der Waals surface area (Å²) >= 11 is 1.42. The van der Waals surface area contributed by atoms with Gasteiger partial charge in [0.1, 0.15) is 0 Å². The van der Waals surface area contributed by atoms with E-state index in [1.807, 2.05) is 5.38 Å². The fourth-order valence-corrected chi connectivity index (χ4v) is 2.58. The van der Waals surface area contributed by atoms with Gasteiger partial charge in [0.2, 0.25) is 0 Å². The molecule has 5 nitrogen and oxygen atoms in total. The number of aliphatic carboxylic acids is 1. The van der Waals surface area contributed by atoms with E-state index in [0.29, 0.717) is 18.2 Å². The molecule has 0 amide bonds. The Bertz CT molecular complexity index is 380. The number of nitrogens with zero attached hydrogens (tertiary/aromatic N) is 2. The van der Waals surface area contributed by atoms with Crippen LogP contribution in [0.5, 0.6) is 0 Å². The average molecular weight is 241 g/mol. The molecule has 0 spiro atoms. The van der Waals surface area contributed by atoms with Gasteiger partial charge >= 0.3 is 5.97 Å². The normalized spacial score (nSPS) is 22.1. The van der Waals surface area contributed by atoms with Gasteiger partial charge in [-0.05, 0) is 19.4 Å². The minimum absolute atomic E-state index is 0.232. The maximum absolute atomic E-state index is 10.9. The highest BCUT2D eigenvalue weighted by molar-refractivity contribution is 7.13. The Hall–Kier alpha value is -1.14. The molecule has 1 aromatic rings. The highest BCUT2D eigenvalue weighted by Gasteiger charge is 2.25. The van der Waals surface area contributed by atoms with Crippen molar-refractivity contribution in [3.63, 3.8) is 0 Å². The number of carbonyl (C=O) groups is 1. The average Bonchev–Trinajstić information content (AvgIpc) is 2.64. The maximum Gasteiger partial charge on any atom is 0.307 e. The van der Waals surface area contributed by atoms with Crippen molar-refractivity contribution in [2.24, 2.45) is 5.92 Å². The first-order valence-corrected chi connectivity index (χ1v) is 6.18. The molecule has 2 rings (SSSR count). The quantitative estimate of drug-likeness (QED) is 0.826. The van der Waals surface area contributed by atoms with Gasteiger partial charge in [0.25, 0.3) is 0 Å². The van der Waals surface area contributed by atoms with Gasteiger partial charge < -0.3 is 10.8 Å². The number of nitrogens with two attached hydrogens (primary N) is 1. The SMILES string of the molecule is Nc1nc(CN2CCCC(C(=O)O)C2)cs1. The van der Waals surface area contributed by atoms with Crippen molar-refractivity contribution in [3.8, 4) is 0 Å². The summed E-state index contributed by atoms with van der Waals surface area (Å²) in [6.45, 7) is 2.27. The van der Waals surface area contributed by atoms with Gasteiger partial charge in [0, 0.05) is 18.5 Å². The Morgan fingerprint density at radius 2 is 2.56 bits per heavy atom. The van der Waals surface area contributed by atoms with Gasteiger partial charge in [0.15, 0.2) is 5.13 Å². The van der Waals surface area contributed by atoms with Crippen LogP contribution in [0, 0.1) is 5.92 Å². The standard InChI is InChI=1S/C10H15N3O2S/c11-10-12-8(6-16-10)5-13-3-1-2-7(4-13)9(14)15/h6-7H,1-5H2,(H2,11,12)(H,14,15). The molecule has 6 heteroatoms. The molecule has 1 aliphatic heterocycles. The Kier molecular flexibility index (Phi) is 3.40. The van der Waals surface area contributed by atoms with Gasteiger partial charge in [-0.25, -0.2) is 4.98 Å². The van der Waals surface area contributed by atoms with Gasteiger partial charge in [-0.2, -0.15) is 0 Å². The molecule has 0 saturated carbocycles. The second-order valence-corrected chi connectivity index (χ2v) is 4.98. The molecule has 3 N–H and O–H groups in total. The molecule has 16 heavy (non-hydrogen) atoms. The van der Waals surface area contributed by atoms with Crippen molar-refractivity contribution in [2.75, 3.05) is 18.8 Å². The van der Waals surface area contributed by atoms with E-state index in [4.69, 9.17) is 10.8 Å². The van der Waals surface area contributed by atoms with Crippen molar-refractivity contribution >= 4 is 22.4 Å².